The Morgan fingerprint density at radius 2 is 1.97 bits per heavy atom. The maximum atomic E-state index is 6.44. The summed E-state index contributed by atoms with van der Waals surface area (Å²) in [5.41, 5.74) is 7.91. The number of anilines is 1. The van der Waals surface area contributed by atoms with E-state index in [0.717, 1.165) is 53.8 Å². The quantitative estimate of drug-likeness (QED) is 0.581. The summed E-state index contributed by atoms with van der Waals surface area (Å²) in [6.45, 7) is 4.63. The number of hydrogen-bond donors (Lipinski definition) is 1. The van der Waals surface area contributed by atoms with Gasteiger partial charge < -0.3 is 15.4 Å². The van der Waals surface area contributed by atoms with Crippen LogP contribution in [0.4, 0.5) is 5.82 Å². The third-order valence-corrected chi connectivity index (χ3v) is 8.35. The van der Waals surface area contributed by atoms with E-state index in [-0.39, 0.29) is 17.6 Å². The van der Waals surface area contributed by atoms with E-state index in [2.05, 4.69) is 21.8 Å². The van der Waals surface area contributed by atoms with Crippen LogP contribution in [0.5, 0.6) is 0 Å². The summed E-state index contributed by atoms with van der Waals surface area (Å²) in [6.07, 6.45) is 3.95. The van der Waals surface area contributed by atoms with Gasteiger partial charge in [0.15, 0.2) is 5.65 Å². The van der Waals surface area contributed by atoms with Crippen LogP contribution in [0.25, 0.3) is 11.2 Å². The van der Waals surface area contributed by atoms with Gasteiger partial charge in [0.05, 0.1) is 29.0 Å². The Balaban J connectivity index is 1.32. The minimum absolute atomic E-state index is 0.0927. The third kappa shape index (κ3) is 3.98. The monoisotopic (exact) mass is 475 g/mol. The van der Waals surface area contributed by atoms with Crippen LogP contribution in [0.15, 0.2) is 46.5 Å². The first-order valence-corrected chi connectivity index (χ1v) is 11.9. The topological polar surface area (TPSA) is 77.2 Å². The van der Waals surface area contributed by atoms with Gasteiger partial charge in [0.2, 0.25) is 0 Å². The molecule has 0 radical (unpaired) electrons. The smallest absolute Gasteiger partial charge is 0.179 e. The lowest BCUT2D eigenvalue weighted by Gasteiger charge is -2.41. The van der Waals surface area contributed by atoms with E-state index in [9.17, 15) is 0 Å². The summed E-state index contributed by atoms with van der Waals surface area (Å²) in [7, 11) is 0. The second-order valence-electron chi connectivity index (χ2n) is 8.27. The zero-order valence-electron chi connectivity index (χ0n) is 17.1. The lowest BCUT2D eigenvalue weighted by Crippen LogP contribution is -2.50. The van der Waals surface area contributed by atoms with Crippen LogP contribution >= 0.6 is 35.0 Å². The standard InChI is InChI=1S/C22H23Cl2N5OS/c1-13-20(25)22(12-30-13)7-9-29(10-8-22)17-11-26-21-15(27-17)5-6-18(28-21)31-16-4-2-3-14(23)19(16)24/h2-6,11,13,20H,7-10,12,25H2,1H3/t13-,20+/m0/s1. The van der Waals surface area contributed by atoms with Gasteiger partial charge in [-0.15, -0.1) is 0 Å². The maximum absolute atomic E-state index is 6.44. The second kappa shape index (κ2) is 8.37. The highest BCUT2D eigenvalue weighted by Crippen LogP contribution is 2.42. The fourth-order valence-electron chi connectivity index (χ4n) is 4.42. The predicted molar refractivity (Wildman–Crippen MR) is 125 cm³/mol. The van der Waals surface area contributed by atoms with Crippen molar-refractivity contribution in [3.05, 3.63) is 46.6 Å². The first-order valence-electron chi connectivity index (χ1n) is 10.3. The number of hydrogen-bond acceptors (Lipinski definition) is 7. The Bertz CT molecular complexity index is 1120. The Hall–Kier alpha value is -1.64. The Kier molecular flexibility index (Phi) is 5.73. The first kappa shape index (κ1) is 21.2. The molecule has 9 heteroatoms. The lowest BCUT2D eigenvalue weighted by atomic mass is 9.73. The van der Waals surface area contributed by atoms with Gasteiger partial charge >= 0.3 is 0 Å². The van der Waals surface area contributed by atoms with Crippen LogP contribution < -0.4 is 10.6 Å². The number of nitrogens with zero attached hydrogens (tertiary/aromatic N) is 4. The molecule has 2 aliphatic rings. The summed E-state index contributed by atoms with van der Waals surface area (Å²) in [5.74, 6) is 0.878. The molecular formula is C22H23Cl2N5OS. The normalized spacial score (nSPS) is 23.0. The average Bonchev–Trinajstić information content (AvgIpc) is 3.06. The van der Waals surface area contributed by atoms with Gasteiger partial charge in [0.1, 0.15) is 16.4 Å². The van der Waals surface area contributed by atoms with E-state index in [0.29, 0.717) is 15.7 Å². The molecule has 6 nitrogen and oxygen atoms in total. The third-order valence-electron chi connectivity index (χ3n) is 6.43. The lowest BCUT2D eigenvalue weighted by molar-refractivity contribution is 0.0974. The number of rotatable bonds is 3. The van der Waals surface area contributed by atoms with Gasteiger partial charge in [-0.2, -0.15) is 0 Å². The molecule has 2 saturated heterocycles. The van der Waals surface area contributed by atoms with Crippen molar-refractivity contribution in [1.82, 2.24) is 15.0 Å². The van der Waals surface area contributed by atoms with Gasteiger partial charge in [-0.05, 0) is 44.0 Å². The van der Waals surface area contributed by atoms with Crippen molar-refractivity contribution in [2.24, 2.45) is 11.1 Å². The molecule has 0 unspecified atom stereocenters. The molecule has 4 heterocycles. The highest BCUT2D eigenvalue weighted by Gasteiger charge is 2.47. The molecule has 2 aromatic heterocycles. The van der Waals surface area contributed by atoms with Gasteiger partial charge in [-0.3, -0.25) is 0 Å². The summed E-state index contributed by atoms with van der Waals surface area (Å²) in [4.78, 5) is 17.2. The minimum Gasteiger partial charge on any atom is -0.376 e. The number of pyridine rings is 1. The fourth-order valence-corrected chi connectivity index (χ4v) is 5.73. The average molecular weight is 476 g/mol. The van der Waals surface area contributed by atoms with Crippen molar-refractivity contribution in [2.75, 3.05) is 24.6 Å². The molecule has 0 bridgehead atoms. The maximum Gasteiger partial charge on any atom is 0.179 e. The molecule has 2 N–H and O–H groups in total. The SMILES string of the molecule is C[C@@H]1OCC2(CCN(c3cnc4nc(Sc5cccc(Cl)c5Cl)ccc4n3)CC2)[C@@H]1N. The second-order valence-corrected chi connectivity index (χ2v) is 10.1. The molecule has 2 atom stereocenters. The van der Waals surface area contributed by atoms with Crippen LogP contribution in [-0.4, -0.2) is 46.8 Å². The first-order chi connectivity index (χ1) is 14.9. The van der Waals surface area contributed by atoms with E-state index in [4.69, 9.17) is 38.7 Å². The highest BCUT2D eigenvalue weighted by atomic mass is 35.5. The number of ether oxygens (including phenoxy) is 1. The number of fused-ring (bicyclic) bond motifs is 1. The molecule has 0 amide bonds. The van der Waals surface area contributed by atoms with Crippen molar-refractivity contribution in [3.8, 4) is 0 Å². The van der Waals surface area contributed by atoms with E-state index < -0.39 is 0 Å². The molecule has 2 fully saturated rings. The fraction of sp³-hybridized carbons (Fsp3) is 0.409. The van der Waals surface area contributed by atoms with Crippen LogP contribution in [0.2, 0.25) is 10.0 Å². The van der Waals surface area contributed by atoms with Crippen molar-refractivity contribution in [1.29, 1.82) is 0 Å². The number of nitrogens with two attached hydrogens (primary N) is 1. The molecular weight excluding hydrogens is 453 g/mol. The van der Waals surface area contributed by atoms with Gasteiger partial charge in [0.25, 0.3) is 0 Å². The zero-order valence-corrected chi connectivity index (χ0v) is 19.4. The summed E-state index contributed by atoms with van der Waals surface area (Å²) >= 11 is 13.9. The van der Waals surface area contributed by atoms with E-state index in [1.165, 1.54) is 11.8 Å². The molecule has 0 aliphatic carbocycles. The van der Waals surface area contributed by atoms with Crippen LogP contribution in [-0.2, 0) is 4.74 Å². The number of benzene rings is 1. The van der Waals surface area contributed by atoms with Crippen LogP contribution in [0.3, 0.4) is 0 Å². The molecule has 5 rings (SSSR count). The predicted octanol–water partition coefficient (Wildman–Crippen LogP) is 4.82. The largest absolute Gasteiger partial charge is 0.376 e. The van der Waals surface area contributed by atoms with Gasteiger partial charge in [0, 0.05) is 29.4 Å². The molecule has 1 spiro atoms. The molecule has 0 saturated carbocycles. The molecule has 2 aliphatic heterocycles. The minimum atomic E-state index is 0.0927. The van der Waals surface area contributed by atoms with Crippen LogP contribution in [0.1, 0.15) is 19.8 Å². The Morgan fingerprint density at radius 1 is 1.16 bits per heavy atom. The van der Waals surface area contributed by atoms with Crippen molar-refractivity contribution in [3.63, 3.8) is 0 Å². The summed E-state index contributed by atoms with van der Waals surface area (Å²) < 4.78 is 5.83. The molecule has 31 heavy (non-hydrogen) atoms. The van der Waals surface area contributed by atoms with Crippen molar-refractivity contribution >= 4 is 51.9 Å². The van der Waals surface area contributed by atoms with Crippen molar-refractivity contribution < 1.29 is 4.74 Å². The number of aromatic nitrogens is 3. The van der Waals surface area contributed by atoms with Crippen molar-refractivity contribution in [2.45, 2.75) is 41.8 Å². The number of halogens is 2. The van der Waals surface area contributed by atoms with Gasteiger partial charge in [-0.1, -0.05) is 41.0 Å². The van der Waals surface area contributed by atoms with E-state index >= 15 is 0 Å². The zero-order chi connectivity index (χ0) is 21.6. The van der Waals surface area contributed by atoms with Gasteiger partial charge in [-0.25, -0.2) is 15.0 Å². The number of piperidine rings is 1. The Labute approximate surface area is 195 Å². The summed E-state index contributed by atoms with van der Waals surface area (Å²) in [6, 6.07) is 9.55. The summed E-state index contributed by atoms with van der Waals surface area (Å²) in [5, 5.41) is 1.85. The Morgan fingerprint density at radius 3 is 2.71 bits per heavy atom. The molecule has 1 aromatic carbocycles. The molecule has 3 aromatic rings. The van der Waals surface area contributed by atoms with Crippen LogP contribution in [0, 0.1) is 5.41 Å². The van der Waals surface area contributed by atoms with E-state index in [1.54, 1.807) is 6.07 Å². The van der Waals surface area contributed by atoms with E-state index in [1.807, 2.05) is 30.5 Å². The highest BCUT2D eigenvalue weighted by molar-refractivity contribution is 7.99. The molecule has 162 valence electrons.